The number of aryl methyl sites for hydroxylation is 1. The highest BCUT2D eigenvalue weighted by atomic mass is 32.1. The molecule has 2 aliphatic heterocycles. The molecule has 1 aromatic heterocycles. The molecule has 4 heteroatoms. The number of fused-ring (bicyclic) bond motifs is 6. The Bertz CT molecular complexity index is 3000. The third kappa shape index (κ3) is 10.1. The van der Waals surface area contributed by atoms with E-state index in [0.29, 0.717) is 0 Å². The van der Waals surface area contributed by atoms with Gasteiger partial charge in [-0.2, -0.15) is 0 Å². The van der Waals surface area contributed by atoms with Crippen LogP contribution in [-0.2, 0) is 32.1 Å². The van der Waals surface area contributed by atoms with Gasteiger partial charge in [0.05, 0.1) is 11.4 Å². The molecule has 0 saturated heterocycles. The van der Waals surface area contributed by atoms with Gasteiger partial charge in [-0.1, -0.05) is 165 Å². The Morgan fingerprint density at radius 2 is 0.868 bits per heavy atom. The van der Waals surface area contributed by atoms with Crippen molar-refractivity contribution in [3.8, 4) is 11.1 Å². The fourth-order valence-corrected chi connectivity index (χ4v) is 12.5. The Hall–Kier alpha value is -5.06. The fourth-order valence-electron chi connectivity index (χ4n) is 11.2. The van der Waals surface area contributed by atoms with Gasteiger partial charge in [0.2, 0.25) is 0 Å². The number of rotatable bonds is 8. The van der Waals surface area contributed by atoms with E-state index in [1.807, 2.05) is 11.3 Å². The van der Waals surface area contributed by atoms with Gasteiger partial charge in [0.25, 0.3) is 6.71 Å². The molecule has 0 saturated carbocycles. The average molecular weight is 917 g/mol. The first kappa shape index (κ1) is 48.0. The lowest BCUT2D eigenvalue weighted by Gasteiger charge is -2.44. The lowest BCUT2D eigenvalue weighted by molar-refractivity contribution is 0.411. The normalized spacial score (nSPS) is 14.1. The SMILES string of the molecule is Cc1cc2c3c(c1)N(c1ccc(CC(C)(C)C)cc1-c1ccc(CC(C)(C)C)cc1)c1c(sc4ccc(CC(C)(C)C)cc14)B3c1cc(CC(C)(C)C)ccc1N2c1ccc(CC(C)(C)C)cc1. The third-order valence-corrected chi connectivity index (χ3v) is 14.6. The zero-order valence-corrected chi connectivity index (χ0v) is 45.2. The number of nitrogens with zero attached hydrogens (tertiary/aromatic N) is 2. The second kappa shape index (κ2) is 17.1. The minimum Gasteiger partial charge on any atom is -0.311 e. The first-order valence-corrected chi connectivity index (χ1v) is 26.2. The van der Waals surface area contributed by atoms with Gasteiger partial charge in [-0.05, 0) is 171 Å². The summed E-state index contributed by atoms with van der Waals surface area (Å²) in [5, 5.41) is 1.36. The molecule has 352 valence electrons. The standard InChI is InChI=1S/C64H77BN2S/c1-41-31-54-57-55(32-41)67(52-28-21-44(38-62(8,9)10)33-49(52)47-24-17-42(18-25-47)36-60(2,3)4)58-50-34-45(39-63(11,12)13)23-30-56(50)68-59(58)65(57)51-35-46(40-64(14,15)16)22-29-53(51)66(54)48-26-19-43(20-27-48)37-61(5,6)7/h17-35H,36-40H2,1-16H3. The van der Waals surface area contributed by atoms with Gasteiger partial charge in [-0.15, -0.1) is 11.3 Å². The highest BCUT2D eigenvalue weighted by molar-refractivity contribution is 7.33. The summed E-state index contributed by atoms with van der Waals surface area (Å²) in [6, 6.07) is 46.2. The maximum atomic E-state index is 2.71. The van der Waals surface area contributed by atoms with Crippen LogP contribution >= 0.6 is 11.3 Å². The van der Waals surface area contributed by atoms with Crippen molar-refractivity contribution in [3.05, 3.63) is 149 Å². The Balaban J connectivity index is 1.36. The third-order valence-electron chi connectivity index (χ3n) is 13.4. The van der Waals surface area contributed by atoms with Crippen LogP contribution in [0.25, 0.3) is 21.2 Å². The summed E-state index contributed by atoms with van der Waals surface area (Å²) in [5.41, 5.74) is 22.1. The zero-order valence-electron chi connectivity index (χ0n) is 44.4. The molecular formula is C64H77BN2S. The first-order chi connectivity index (χ1) is 31.7. The second-order valence-corrected chi connectivity index (χ2v) is 27.8. The van der Waals surface area contributed by atoms with Crippen LogP contribution in [0.4, 0.5) is 34.1 Å². The second-order valence-electron chi connectivity index (χ2n) is 26.8. The zero-order chi connectivity index (χ0) is 48.9. The van der Waals surface area contributed by atoms with Gasteiger partial charge < -0.3 is 9.80 Å². The van der Waals surface area contributed by atoms with E-state index < -0.39 is 0 Å². The summed E-state index contributed by atoms with van der Waals surface area (Å²) in [7, 11) is 0. The molecule has 7 aromatic rings. The monoisotopic (exact) mass is 917 g/mol. The molecule has 0 atom stereocenters. The van der Waals surface area contributed by atoms with Crippen LogP contribution in [0.2, 0.25) is 0 Å². The molecule has 2 nitrogen and oxygen atoms in total. The predicted octanol–water partition coefficient (Wildman–Crippen LogP) is 16.9. The summed E-state index contributed by atoms with van der Waals surface area (Å²) >= 11 is 2.01. The van der Waals surface area contributed by atoms with E-state index in [9.17, 15) is 0 Å². The fraction of sp³-hybridized carbons (Fsp3) is 0.406. The minimum absolute atomic E-state index is 0.0712. The number of anilines is 6. The maximum Gasteiger partial charge on any atom is 0.264 e. The van der Waals surface area contributed by atoms with Crippen molar-refractivity contribution in [2.45, 2.75) is 143 Å². The van der Waals surface area contributed by atoms with E-state index in [1.54, 1.807) is 0 Å². The smallest absolute Gasteiger partial charge is 0.264 e. The average Bonchev–Trinajstić information content (AvgIpc) is 3.57. The largest absolute Gasteiger partial charge is 0.311 e. The molecule has 2 aliphatic rings. The van der Waals surface area contributed by atoms with Crippen LogP contribution in [0.1, 0.15) is 137 Å². The van der Waals surface area contributed by atoms with E-state index >= 15 is 0 Å². The van der Waals surface area contributed by atoms with E-state index in [0.717, 1.165) is 32.1 Å². The minimum atomic E-state index is 0.0712. The number of thiophene rings is 1. The van der Waals surface area contributed by atoms with Crippen molar-refractivity contribution in [1.82, 2.24) is 0 Å². The van der Waals surface area contributed by atoms with Crippen LogP contribution in [0.15, 0.2) is 115 Å². The van der Waals surface area contributed by atoms with Crippen LogP contribution in [-0.4, -0.2) is 6.71 Å². The Kier molecular flexibility index (Phi) is 12.1. The number of hydrogen-bond acceptors (Lipinski definition) is 3. The van der Waals surface area contributed by atoms with Gasteiger partial charge in [0.15, 0.2) is 0 Å². The summed E-state index contributed by atoms with van der Waals surface area (Å²) in [4.78, 5) is 5.31. The van der Waals surface area contributed by atoms with Crippen LogP contribution < -0.4 is 25.5 Å². The number of hydrogen-bond donors (Lipinski definition) is 0. The molecule has 0 fully saturated rings. The predicted molar refractivity (Wildman–Crippen MR) is 302 cm³/mol. The van der Waals surface area contributed by atoms with Crippen molar-refractivity contribution in [3.63, 3.8) is 0 Å². The Morgan fingerprint density at radius 1 is 0.426 bits per heavy atom. The molecule has 0 N–H and O–H groups in total. The highest BCUT2D eigenvalue weighted by Gasteiger charge is 2.46. The summed E-state index contributed by atoms with van der Waals surface area (Å²) in [6.45, 7) is 37.7. The van der Waals surface area contributed by atoms with Gasteiger partial charge in [-0.25, -0.2) is 0 Å². The molecule has 0 bridgehead atoms. The van der Waals surface area contributed by atoms with Crippen molar-refractivity contribution in [1.29, 1.82) is 0 Å². The molecule has 9 rings (SSSR count). The van der Waals surface area contributed by atoms with Crippen molar-refractivity contribution >= 4 is 78.0 Å². The first-order valence-electron chi connectivity index (χ1n) is 25.4. The van der Waals surface area contributed by atoms with Crippen LogP contribution in [0.5, 0.6) is 0 Å². The molecular weight excluding hydrogens is 840 g/mol. The topological polar surface area (TPSA) is 6.48 Å². The van der Waals surface area contributed by atoms with Crippen LogP contribution in [0.3, 0.4) is 0 Å². The van der Waals surface area contributed by atoms with E-state index in [2.05, 4.69) is 236 Å². The van der Waals surface area contributed by atoms with Crippen molar-refractivity contribution in [2.75, 3.05) is 9.80 Å². The molecule has 68 heavy (non-hydrogen) atoms. The van der Waals surface area contributed by atoms with Crippen molar-refractivity contribution < 1.29 is 0 Å². The summed E-state index contributed by atoms with van der Waals surface area (Å²) in [6.07, 6.45) is 5.13. The van der Waals surface area contributed by atoms with Gasteiger partial charge >= 0.3 is 0 Å². The van der Waals surface area contributed by atoms with Crippen LogP contribution in [0, 0.1) is 34.0 Å². The van der Waals surface area contributed by atoms with Gasteiger partial charge in [0, 0.05) is 43.2 Å². The highest BCUT2D eigenvalue weighted by Crippen LogP contribution is 2.51. The van der Waals surface area contributed by atoms with E-state index in [4.69, 9.17) is 0 Å². The summed E-state index contributed by atoms with van der Waals surface area (Å²) in [5.74, 6) is 0. The van der Waals surface area contributed by atoms with E-state index in [-0.39, 0.29) is 33.8 Å². The molecule has 0 spiro atoms. The number of benzene rings is 6. The molecule has 6 aromatic carbocycles. The molecule has 0 amide bonds. The molecule has 0 unspecified atom stereocenters. The quantitative estimate of drug-likeness (QED) is 0.140. The lowest BCUT2D eigenvalue weighted by Crippen LogP contribution is -2.60. The van der Waals surface area contributed by atoms with Gasteiger partial charge in [-0.3, -0.25) is 0 Å². The molecule has 3 heterocycles. The molecule has 0 radical (unpaired) electrons. The Morgan fingerprint density at radius 3 is 1.41 bits per heavy atom. The van der Waals surface area contributed by atoms with E-state index in [1.165, 1.54) is 104 Å². The Labute approximate surface area is 415 Å². The molecule has 0 aliphatic carbocycles. The lowest BCUT2D eigenvalue weighted by atomic mass is 9.36. The van der Waals surface area contributed by atoms with Gasteiger partial charge in [0.1, 0.15) is 0 Å². The summed E-state index contributed by atoms with van der Waals surface area (Å²) < 4.78 is 2.79. The maximum absolute atomic E-state index is 2.71. The van der Waals surface area contributed by atoms with Crippen molar-refractivity contribution in [2.24, 2.45) is 27.1 Å².